The van der Waals surface area contributed by atoms with Crippen LogP contribution < -0.4 is 15.4 Å². The summed E-state index contributed by atoms with van der Waals surface area (Å²) < 4.78 is 11.7. The molecule has 5 nitrogen and oxygen atoms in total. The van der Waals surface area contributed by atoms with Crippen molar-refractivity contribution in [1.82, 2.24) is 10.6 Å². The second-order valence-corrected chi connectivity index (χ2v) is 7.60. The molecule has 1 aromatic rings. The first kappa shape index (κ1) is 23.0. The molecule has 2 rings (SSSR count). The molecule has 0 aliphatic carbocycles. The second kappa shape index (κ2) is 11.6. The van der Waals surface area contributed by atoms with E-state index in [1.807, 2.05) is 30.3 Å². The summed E-state index contributed by atoms with van der Waals surface area (Å²) in [7, 11) is 1.80. The lowest BCUT2D eigenvalue weighted by Gasteiger charge is -2.40. The SMILES string of the molecule is CN=C(NCCOc1ccccc1)NCC1CCCOC1C(C)(C)C.I. The van der Waals surface area contributed by atoms with Crippen molar-refractivity contribution >= 4 is 29.9 Å². The molecule has 1 fully saturated rings. The molecule has 0 aromatic heterocycles. The molecule has 1 aliphatic heterocycles. The van der Waals surface area contributed by atoms with E-state index in [1.54, 1.807) is 7.05 Å². The van der Waals surface area contributed by atoms with Gasteiger partial charge in [-0.05, 0) is 30.4 Å². The fourth-order valence-electron chi connectivity index (χ4n) is 3.31. The molecule has 2 N–H and O–H groups in total. The molecular formula is C20H34IN3O2. The van der Waals surface area contributed by atoms with E-state index >= 15 is 0 Å². The van der Waals surface area contributed by atoms with Crippen LogP contribution in [0.5, 0.6) is 5.75 Å². The van der Waals surface area contributed by atoms with Gasteiger partial charge < -0.3 is 20.1 Å². The molecule has 1 aliphatic rings. The van der Waals surface area contributed by atoms with E-state index in [9.17, 15) is 0 Å². The lowest BCUT2D eigenvalue weighted by molar-refractivity contribution is -0.0835. The molecule has 0 saturated carbocycles. The van der Waals surface area contributed by atoms with E-state index in [4.69, 9.17) is 9.47 Å². The third kappa shape index (κ3) is 7.70. The Balaban J connectivity index is 0.00000338. The number of ether oxygens (including phenoxy) is 2. The van der Waals surface area contributed by atoms with Crippen molar-refractivity contribution in [3.63, 3.8) is 0 Å². The van der Waals surface area contributed by atoms with Gasteiger partial charge >= 0.3 is 0 Å². The first-order valence-electron chi connectivity index (χ1n) is 9.24. The summed E-state index contributed by atoms with van der Waals surface area (Å²) in [5.74, 6) is 2.21. The van der Waals surface area contributed by atoms with E-state index in [-0.39, 0.29) is 35.5 Å². The van der Waals surface area contributed by atoms with Gasteiger partial charge in [-0.3, -0.25) is 4.99 Å². The van der Waals surface area contributed by atoms with Crippen molar-refractivity contribution in [2.75, 3.05) is 33.4 Å². The van der Waals surface area contributed by atoms with Crippen LogP contribution in [0.4, 0.5) is 0 Å². The molecule has 0 radical (unpaired) electrons. The molecule has 2 atom stereocenters. The maximum atomic E-state index is 6.05. The van der Waals surface area contributed by atoms with E-state index in [1.165, 1.54) is 6.42 Å². The number of nitrogens with one attached hydrogen (secondary N) is 2. The Bertz CT molecular complexity index is 532. The summed E-state index contributed by atoms with van der Waals surface area (Å²) in [5, 5.41) is 6.75. The molecule has 1 saturated heterocycles. The summed E-state index contributed by atoms with van der Waals surface area (Å²) in [4.78, 5) is 4.30. The Morgan fingerprint density at radius 1 is 1.23 bits per heavy atom. The fourth-order valence-corrected chi connectivity index (χ4v) is 3.31. The Kier molecular flexibility index (Phi) is 10.3. The molecule has 26 heavy (non-hydrogen) atoms. The summed E-state index contributed by atoms with van der Waals surface area (Å²) in [6.07, 6.45) is 2.62. The van der Waals surface area contributed by atoms with Crippen molar-refractivity contribution in [2.45, 2.75) is 39.7 Å². The molecule has 0 spiro atoms. The van der Waals surface area contributed by atoms with Gasteiger partial charge in [0.15, 0.2) is 5.96 Å². The molecule has 6 heteroatoms. The van der Waals surface area contributed by atoms with Crippen molar-refractivity contribution in [2.24, 2.45) is 16.3 Å². The van der Waals surface area contributed by atoms with Gasteiger partial charge in [0.2, 0.25) is 0 Å². The maximum absolute atomic E-state index is 6.05. The zero-order valence-electron chi connectivity index (χ0n) is 16.5. The van der Waals surface area contributed by atoms with Gasteiger partial charge in [0, 0.05) is 26.1 Å². The van der Waals surface area contributed by atoms with Crippen molar-refractivity contribution in [1.29, 1.82) is 0 Å². The quantitative estimate of drug-likeness (QED) is 0.285. The predicted octanol–water partition coefficient (Wildman–Crippen LogP) is 3.69. The number of hydrogen-bond acceptors (Lipinski definition) is 3. The van der Waals surface area contributed by atoms with Crippen LogP contribution in [0.15, 0.2) is 35.3 Å². The van der Waals surface area contributed by atoms with Crippen LogP contribution in [-0.2, 0) is 4.74 Å². The lowest BCUT2D eigenvalue weighted by Crippen LogP contribution is -2.48. The van der Waals surface area contributed by atoms with Crippen molar-refractivity contribution in [3.05, 3.63) is 30.3 Å². The van der Waals surface area contributed by atoms with Crippen LogP contribution in [0.2, 0.25) is 0 Å². The number of aliphatic imine (C=N–C) groups is 1. The number of benzene rings is 1. The van der Waals surface area contributed by atoms with Gasteiger partial charge in [0.05, 0.1) is 12.6 Å². The van der Waals surface area contributed by atoms with Crippen LogP contribution in [0, 0.1) is 11.3 Å². The predicted molar refractivity (Wildman–Crippen MR) is 119 cm³/mol. The molecule has 2 unspecified atom stereocenters. The lowest BCUT2D eigenvalue weighted by atomic mass is 9.78. The van der Waals surface area contributed by atoms with Crippen LogP contribution in [-0.4, -0.2) is 45.4 Å². The zero-order valence-corrected chi connectivity index (χ0v) is 18.8. The number of rotatable bonds is 6. The highest BCUT2D eigenvalue weighted by atomic mass is 127. The molecule has 0 amide bonds. The number of halogens is 1. The van der Waals surface area contributed by atoms with Gasteiger partial charge in [-0.2, -0.15) is 0 Å². The average molecular weight is 475 g/mol. The molecule has 0 bridgehead atoms. The number of para-hydroxylation sites is 1. The van der Waals surface area contributed by atoms with Crippen LogP contribution >= 0.6 is 24.0 Å². The molecule has 1 heterocycles. The Labute approximate surface area is 175 Å². The third-order valence-electron chi connectivity index (χ3n) is 4.46. The number of nitrogens with zero attached hydrogens (tertiary/aromatic N) is 1. The summed E-state index contributed by atoms with van der Waals surface area (Å²) >= 11 is 0. The van der Waals surface area contributed by atoms with E-state index in [2.05, 4.69) is 36.4 Å². The largest absolute Gasteiger partial charge is 0.492 e. The van der Waals surface area contributed by atoms with Crippen molar-refractivity contribution < 1.29 is 9.47 Å². The maximum Gasteiger partial charge on any atom is 0.191 e. The van der Waals surface area contributed by atoms with E-state index in [0.29, 0.717) is 19.1 Å². The minimum atomic E-state index is 0. The summed E-state index contributed by atoms with van der Waals surface area (Å²) in [6.45, 7) is 9.82. The molecule has 1 aromatic carbocycles. The number of hydrogen-bond donors (Lipinski definition) is 2. The highest BCUT2D eigenvalue weighted by molar-refractivity contribution is 14.0. The Morgan fingerprint density at radius 2 is 1.96 bits per heavy atom. The minimum Gasteiger partial charge on any atom is -0.492 e. The first-order valence-corrected chi connectivity index (χ1v) is 9.24. The zero-order chi connectivity index (χ0) is 18.1. The van der Waals surface area contributed by atoms with Crippen molar-refractivity contribution in [3.8, 4) is 5.75 Å². The normalized spacial score (nSPS) is 20.8. The van der Waals surface area contributed by atoms with Gasteiger partial charge in [0.25, 0.3) is 0 Å². The van der Waals surface area contributed by atoms with Gasteiger partial charge in [0.1, 0.15) is 12.4 Å². The smallest absolute Gasteiger partial charge is 0.191 e. The molecule has 148 valence electrons. The second-order valence-electron chi connectivity index (χ2n) is 7.60. The Hall–Kier alpha value is -1.02. The van der Waals surface area contributed by atoms with Crippen LogP contribution in [0.25, 0.3) is 0 Å². The summed E-state index contributed by atoms with van der Waals surface area (Å²) in [5.41, 5.74) is 0.160. The van der Waals surface area contributed by atoms with E-state index in [0.717, 1.165) is 31.3 Å². The van der Waals surface area contributed by atoms with Gasteiger partial charge in [-0.1, -0.05) is 39.0 Å². The highest BCUT2D eigenvalue weighted by Crippen LogP contribution is 2.33. The van der Waals surface area contributed by atoms with Gasteiger partial charge in [-0.15, -0.1) is 24.0 Å². The standard InChI is InChI=1S/C20H33N3O2.HI/c1-20(2,3)18-16(9-8-13-25-18)15-23-19(21-4)22-12-14-24-17-10-6-5-7-11-17;/h5-7,10-11,16,18H,8-9,12-15H2,1-4H3,(H2,21,22,23);1H. The molecular weight excluding hydrogens is 441 g/mol. The third-order valence-corrected chi connectivity index (χ3v) is 4.46. The highest BCUT2D eigenvalue weighted by Gasteiger charge is 2.35. The number of guanidine groups is 1. The average Bonchev–Trinajstić information content (AvgIpc) is 2.61. The topological polar surface area (TPSA) is 54.9 Å². The van der Waals surface area contributed by atoms with E-state index < -0.39 is 0 Å². The fraction of sp³-hybridized carbons (Fsp3) is 0.650. The summed E-state index contributed by atoms with van der Waals surface area (Å²) in [6, 6.07) is 9.85. The Morgan fingerprint density at radius 3 is 2.62 bits per heavy atom. The van der Waals surface area contributed by atoms with Crippen LogP contribution in [0.1, 0.15) is 33.6 Å². The monoisotopic (exact) mass is 475 g/mol. The first-order chi connectivity index (χ1) is 12.0. The minimum absolute atomic E-state index is 0. The van der Waals surface area contributed by atoms with Gasteiger partial charge in [-0.25, -0.2) is 0 Å². The van der Waals surface area contributed by atoms with Crippen LogP contribution in [0.3, 0.4) is 0 Å².